The lowest BCUT2D eigenvalue weighted by molar-refractivity contribution is -0.895. The van der Waals surface area contributed by atoms with Crippen LogP contribution in [0.1, 0.15) is 20.8 Å². The van der Waals surface area contributed by atoms with E-state index < -0.39 is 10.0 Å². The highest BCUT2D eigenvalue weighted by atomic mass is 35.5. The van der Waals surface area contributed by atoms with Crippen LogP contribution in [0.4, 0.5) is 0 Å². The Morgan fingerprint density at radius 2 is 1.92 bits per heavy atom. The zero-order valence-electron chi connectivity index (χ0n) is 15.0. The molecule has 6 nitrogen and oxygen atoms in total. The van der Waals surface area contributed by atoms with Crippen molar-refractivity contribution in [2.24, 2.45) is 5.92 Å². The van der Waals surface area contributed by atoms with E-state index in [4.69, 9.17) is 11.6 Å². The number of hydrogen-bond donors (Lipinski definition) is 2. The molecule has 0 spiro atoms. The van der Waals surface area contributed by atoms with Gasteiger partial charge in [0.2, 0.25) is 10.0 Å². The Labute approximate surface area is 155 Å². The standard InChI is InChI=1S/C17H26ClN3O3S/c1-13(2)14(3)19-17(22)12-20-7-9-21(10-8-20)25(23,24)16-6-4-5-15(18)11-16/h4-6,11,13-14H,7-10,12H2,1-3H3,(H,19,22)/p+1/t14-/m0/s1. The Morgan fingerprint density at radius 3 is 2.48 bits per heavy atom. The number of nitrogens with one attached hydrogen (secondary N) is 2. The first-order valence-electron chi connectivity index (χ1n) is 8.59. The molecule has 1 saturated heterocycles. The molecule has 1 heterocycles. The van der Waals surface area contributed by atoms with Crippen LogP contribution in [0.5, 0.6) is 0 Å². The minimum absolute atomic E-state index is 0.0161. The van der Waals surface area contributed by atoms with Crippen LogP contribution in [0.25, 0.3) is 0 Å². The lowest BCUT2D eigenvalue weighted by Crippen LogP contribution is -3.15. The van der Waals surface area contributed by atoms with Gasteiger partial charge in [0.15, 0.2) is 6.54 Å². The van der Waals surface area contributed by atoms with Crippen molar-refractivity contribution in [3.63, 3.8) is 0 Å². The van der Waals surface area contributed by atoms with Crippen LogP contribution in [0.2, 0.25) is 5.02 Å². The number of piperazine rings is 1. The summed E-state index contributed by atoms with van der Waals surface area (Å²) in [6, 6.07) is 6.45. The maximum absolute atomic E-state index is 12.7. The van der Waals surface area contributed by atoms with Crippen molar-refractivity contribution in [2.75, 3.05) is 32.7 Å². The molecule has 140 valence electrons. The molecule has 1 aliphatic rings. The van der Waals surface area contributed by atoms with E-state index in [1.807, 2.05) is 6.92 Å². The average Bonchev–Trinajstić information content (AvgIpc) is 2.55. The Hall–Kier alpha value is -1.15. The molecule has 25 heavy (non-hydrogen) atoms. The predicted molar refractivity (Wildman–Crippen MR) is 98.2 cm³/mol. The molecule has 0 radical (unpaired) electrons. The third-order valence-electron chi connectivity index (χ3n) is 4.66. The van der Waals surface area contributed by atoms with Gasteiger partial charge in [0.25, 0.3) is 5.91 Å². The van der Waals surface area contributed by atoms with Gasteiger partial charge >= 0.3 is 0 Å². The van der Waals surface area contributed by atoms with Crippen molar-refractivity contribution in [2.45, 2.75) is 31.7 Å². The molecule has 1 aliphatic heterocycles. The Balaban J connectivity index is 1.90. The minimum Gasteiger partial charge on any atom is -0.348 e. The minimum atomic E-state index is -3.53. The summed E-state index contributed by atoms with van der Waals surface area (Å²) in [6.07, 6.45) is 0. The van der Waals surface area contributed by atoms with Crippen molar-refractivity contribution in [1.29, 1.82) is 0 Å². The lowest BCUT2D eigenvalue weighted by atomic mass is 10.1. The van der Waals surface area contributed by atoms with Gasteiger partial charge in [-0.3, -0.25) is 4.79 Å². The molecular formula is C17H27ClN3O3S+. The molecule has 0 bridgehead atoms. The predicted octanol–water partition coefficient (Wildman–Crippen LogP) is 0.390. The van der Waals surface area contributed by atoms with Gasteiger partial charge in [0.05, 0.1) is 31.1 Å². The van der Waals surface area contributed by atoms with E-state index in [0.29, 0.717) is 43.7 Å². The van der Waals surface area contributed by atoms with Crippen LogP contribution < -0.4 is 10.2 Å². The van der Waals surface area contributed by atoms with Crippen LogP contribution in [0.3, 0.4) is 0 Å². The number of hydrogen-bond acceptors (Lipinski definition) is 3. The summed E-state index contributed by atoms with van der Waals surface area (Å²) in [4.78, 5) is 13.4. The smallest absolute Gasteiger partial charge is 0.275 e. The molecule has 0 unspecified atom stereocenters. The SMILES string of the molecule is CC(C)[C@H](C)NC(=O)C[NH+]1CCN(S(=O)(=O)c2cccc(Cl)c2)CC1. The van der Waals surface area contributed by atoms with Crippen LogP contribution in [-0.2, 0) is 14.8 Å². The van der Waals surface area contributed by atoms with Gasteiger partial charge in [-0.25, -0.2) is 8.42 Å². The summed E-state index contributed by atoms with van der Waals surface area (Å²) in [7, 11) is -3.53. The summed E-state index contributed by atoms with van der Waals surface area (Å²) in [5.74, 6) is 0.404. The van der Waals surface area contributed by atoms with Crippen molar-refractivity contribution >= 4 is 27.5 Å². The molecule has 1 atom stereocenters. The first-order valence-corrected chi connectivity index (χ1v) is 10.4. The maximum Gasteiger partial charge on any atom is 0.275 e. The number of carbonyl (C=O) groups is 1. The number of halogens is 1. The van der Waals surface area contributed by atoms with Crippen LogP contribution in [0, 0.1) is 5.92 Å². The van der Waals surface area contributed by atoms with Crippen molar-refractivity contribution in [3.8, 4) is 0 Å². The first kappa shape index (κ1) is 20.2. The number of rotatable bonds is 6. The molecule has 0 aromatic heterocycles. The van der Waals surface area contributed by atoms with Gasteiger partial charge in [0, 0.05) is 11.1 Å². The molecule has 8 heteroatoms. The van der Waals surface area contributed by atoms with Gasteiger partial charge < -0.3 is 10.2 Å². The highest BCUT2D eigenvalue weighted by Gasteiger charge is 2.31. The average molecular weight is 389 g/mol. The highest BCUT2D eigenvalue weighted by Crippen LogP contribution is 2.19. The van der Waals surface area contributed by atoms with E-state index in [2.05, 4.69) is 19.2 Å². The van der Waals surface area contributed by atoms with E-state index in [0.717, 1.165) is 4.90 Å². The van der Waals surface area contributed by atoms with Crippen LogP contribution >= 0.6 is 11.6 Å². The van der Waals surface area contributed by atoms with Crippen molar-refractivity contribution in [3.05, 3.63) is 29.3 Å². The number of carbonyl (C=O) groups excluding carboxylic acids is 1. The number of amides is 1. The van der Waals surface area contributed by atoms with Gasteiger partial charge in [-0.15, -0.1) is 0 Å². The Morgan fingerprint density at radius 1 is 1.28 bits per heavy atom. The zero-order chi connectivity index (χ0) is 18.6. The third-order valence-corrected chi connectivity index (χ3v) is 6.79. The van der Waals surface area contributed by atoms with Crippen LogP contribution in [-0.4, -0.2) is 57.4 Å². The molecule has 1 aromatic rings. The maximum atomic E-state index is 12.7. The molecule has 2 rings (SSSR count). The number of sulfonamides is 1. The quantitative estimate of drug-likeness (QED) is 0.740. The van der Waals surface area contributed by atoms with Gasteiger partial charge in [-0.2, -0.15) is 4.31 Å². The molecule has 0 saturated carbocycles. The van der Waals surface area contributed by atoms with E-state index in [1.165, 1.54) is 10.4 Å². The molecule has 1 amide bonds. The van der Waals surface area contributed by atoms with Gasteiger partial charge in [-0.1, -0.05) is 31.5 Å². The number of quaternary nitrogens is 1. The van der Waals surface area contributed by atoms with E-state index in [-0.39, 0.29) is 16.8 Å². The second-order valence-electron chi connectivity index (χ2n) is 6.89. The van der Waals surface area contributed by atoms with E-state index in [1.54, 1.807) is 18.2 Å². The summed E-state index contributed by atoms with van der Waals surface area (Å²) in [6.45, 7) is 8.53. The van der Waals surface area contributed by atoms with E-state index in [9.17, 15) is 13.2 Å². The van der Waals surface area contributed by atoms with Crippen LogP contribution in [0.15, 0.2) is 29.2 Å². The topological polar surface area (TPSA) is 70.9 Å². The molecule has 2 N–H and O–H groups in total. The first-order chi connectivity index (χ1) is 11.7. The third kappa shape index (κ3) is 5.41. The van der Waals surface area contributed by atoms with E-state index >= 15 is 0 Å². The fourth-order valence-electron chi connectivity index (χ4n) is 2.69. The number of nitrogens with zero attached hydrogens (tertiary/aromatic N) is 1. The number of benzene rings is 1. The second kappa shape index (κ2) is 8.49. The summed E-state index contributed by atoms with van der Waals surface area (Å²) in [5.41, 5.74) is 0. The largest absolute Gasteiger partial charge is 0.348 e. The Kier molecular flexibility index (Phi) is 6.85. The molecular weight excluding hydrogens is 362 g/mol. The monoisotopic (exact) mass is 388 g/mol. The van der Waals surface area contributed by atoms with Crippen molar-refractivity contribution in [1.82, 2.24) is 9.62 Å². The summed E-state index contributed by atoms with van der Waals surface area (Å²) in [5, 5.41) is 3.40. The van der Waals surface area contributed by atoms with Crippen molar-refractivity contribution < 1.29 is 18.1 Å². The fraction of sp³-hybridized carbons (Fsp3) is 0.588. The zero-order valence-corrected chi connectivity index (χ0v) is 16.5. The molecule has 1 aromatic carbocycles. The van der Waals surface area contributed by atoms with Gasteiger partial charge in [-0.05, 0) is 31.0 Å². The second-order valence-corrected chi connectivity index (χ2v) is 9.26. The lowest BCUT2D eigenvalue weighted by Gasteiger charge is -2.31. The summed E-state index contributed by atoms with van der Waals surface area (Å²) < 4.78 is 26.8. The fourth-order valence-corrected chi connectivity index (χ4v) is 4.44. The summed E-state index contributed by atoms with van der Waals surface area (Å²) >= 11 is 5.90. The normalized spacial score (nSPS) is 18.3. The Bertz CT molecular complexity index is 701. The highest BCUT2D eigenvalue weighted by molar-refractivity contribution is 7.89. The molecule has 1 fully saturated rings. The molecule has 0 aliphatic carbocycles. The van der Waals surface area contributed by atoms with Gasteiger partial charge in [0.1, 0.15) is 0 Å².